The normalized spacial score (nSPS) is 12.3. The summed E-state index contributed by atoms with van der Waals surface area (Å²) in [7, 11) is 0. The number of aliphatic hydroxyl groups is 1. The first kappa shape index (κ1) is 17.1. The van der Waals surface area contributed by atoms with Gasteiger partial charge < -0.3 is 10.4 Å². The molecule has 112 valence electrons. The number of nitro benzene ring substituents is 1. The van der Waals surface area contributed by atoms with Crippen molar-refractivity contribution in [2.45, 2.75) is 32.7 Å². The molecular formula is C14H21BrN2O3. The minimum Gasteiger partial charge on any atom is -0.396 e. The maximum Gasteiger partial charge on any atom is 0.275 e. The summed E-state index contributed by atoms with van der Waals surface area (Å²) in [5, 5.41) is 23.3. The fourth-order valence-electron chi connectivity index (χ4n) is 2.21. The first-order valence-electron chi connectivity index (χ1n) is 6.82. The van der Waals surface area contributed by atoms with Crippen LogP contribution in [0.1, 0.15) is 31.7 Å². The highest BCUT2D eigenvalue weighted by Crippen LogP contribution is 2.23. The predicted molar refractivity (Wildman–Crippen MR) is 82.6 cm³/mol. The predicted octanol–water partition coefficient (Wildman–Crippen LogP) is 3.25. The molecule has 0 aliphatic rings. The molecule has 0 spiro atoms. The van der Waals surface area contributed by atoms with Gasteiger partial charge in [0.2, 0.25) is 0 Å². The van der Waals surface area contributed by atoms with Crippen LogP contribution in [0.25, 0.3) is 0 Å². The maximum atomic E-state index is 11.0. The first-order chi connectivity index (χ1) is 9.58. The van der Waals surface area contributed by atoms with Crippen LogP contribution >= 0.6 is 15.9 Å². The Morgan fingerprint density at radius 3 is 2.80 bits per heavy atom. The zero-order valence-electron chi connectivity index (χ0n) is 11.6. The van der Waals surface area contributed by atoms with E-state index in [1.165, 1.54) is 6.07 Å². The molecule has 5 nitrogen and oxygen atoms in total. The molecule has 1 rings (SSSR count). The maximum absolute atomic E-state index is 11.0. The Balaban J connectivity index is 2.58. The Kier molecular flexibility index (Phi) is 7.72. The Labute approximate surface area is 127 Å². The van der Waals surface area contributed by atoms with E-state index in [-0.39, 0.29) is 17.2 Å². The Hall–Kier alpha value is -0.980. The quantitative estimate of drug-likeness (QED) is 0.532. The van der Waals surface area contributed by atoms with Gasteiger partial charge in [0, 0.05) is 29.3 Å². The molecule has 1 aromatic carbocycles. The fourth-order valence-corrected chi connectivity index (χ4v) is 2.56. The van der Waals surface area contributed by atoms with E-state index in [9.17, 15) is 10.1 Å². The molecule has 1 atom stereocenters. The van der Waals surface area contributed by atoms with E-state index in [0.717, 1.165) is 25.8 Å². The number of aliphatic hydroxyl groups excluding tert-OH is 1. The van der Waals surface area contributed by atoms with Gasteiger partial charge in [-0.2, -0.15) is 0 Å². The number of nitro groups is 1. The van der Waals surface area contributed by atoms with Crippen molar-refractivity contribution in [3.63, 3.8) is 0 Å². The highest BCUT2D eigenvalue weighted by atomic mass is 79.9. The molecule has 2 N–H and O–H groups in total. The highest BCUT2D eigenvalue weighted by Gasteiger charge is 2.14. The van der Waals surface area contributed by atoms with Crippen LogP contribution in [0.5, 0.6) is 0 Å². The van der Waals surface area contributed by atoms with E-state index < -0.39 is 0 Å². The number of rotatable bonds is 9. The smallest absolute Gasteiger partial charge is 0.275 e. The summed E-state index contributed by atoms with van der Waals surface area (Å²) in [6.07, 6.45) is 2.89. The number of hydrogen-bond acceptors (Lipinski definition) is 4. The second kappa shape index (κ2) is 9.05. The van der Waals surface area contributed by atoms with Gasteiger partial charge in [-0.25, -0.2) is 0 Å². The van der Waals surface area contributed by atoms with Gasteiger partial charge in [0.1, 0.15) is 0 Å². The third-order valence-electron chi connectivity index (χ3n) is 3.23. The van der Waals surface area contributed by atoms with Gasteiger partial charge in [-0.15, -0.1) is 0 Å². The average molecular weight is 345 g/mol. The molecule has 0 aliphatic heterocycles. The van der Waals surface area contributed by atoms with Gasteiger partial charge in [-0.05, 0) is 37.4 Å². The summed E-state index contributed by atoms with van der Waals surface area (Å²) in [6.45, 7) is 3.53. The van der Waals surface area contributed by atoms with E-state index >= 15 is 0 Å². The zero-order chi connectivity index (χ0) is 15.0. The number of halogens is 1. The van der Waals surface area contributed by atoms with Crippen molar-refractivity contribution < 1.29 is 10.0 Å². The second-order valence-corrected chi connectivity index (χ2v) is 5.74. The lowest BCUT2D eigenvalue weighted by Crippen LogP contribution is -2.23. The Morgan fingerprint density at radius 1 is 1.45 bits per heavy atom. The highest BCUT2D eigenvalue weighted by molar-refractivity contribution is 9.10. The van der Waals surface area contributed by atoms with Gasteiger partial charge >= 0.3 is 0 Å². The molecule has 0 saturated carbocycles. The lowest BCUT2D eigenvalue weighted by Gasteiger charge is -2.15. The summed E-state index contributed by atoms with van der Waals surface area (Å²) < 4.78 is 0.706. The lowest BCUT2D eigenvalue weighted by atomic mass is 10.00. The Morgan fingerprint density at radius 2 is 2.20 bits per heavy atom. The molecule has 0 saturated heterocycles. The van der Waals surface area contributed by atoms with Crippen LogP contribution in [0.4, 0.5) is 5.69 Å². The molecule has 1 aromatic rings. The van der Waals surface area contributed by atoms with Crippen LogP contribution in [-0.4, -0.2) is 23.2 Å². The van der Waals surface area contributed by atoms with Crippen LogP contribution in [0.2, 0.25) is 0 Å². The first-order valence-corrected chi connectivity index (χ1v) is 7.62. The van der Waals surface area contributed by atoms with Gasteiger partial charge in [-0.3, -0.25) is 10.1 Å². The van der Waals surface area contributed by atoms with Gasteiger partial charge in [0.05, 0.1) is 4.92 Å². The summed E-state index contributed by atoms with van der Waals surface area (Å²) in [4.78, 5) is 10.6. The SMILES string of the molecule is CCCC(CCO)CNCc1ccc(Br)cc1[N+](=O)[O-]. The van der Waals surface area contributed by atoms with Crippen molar-refractivity contribution in [2.75, 3.05) is 13.2 Å². The van der Waals surface area contributed by atoms with Crippen LogP contribution in [0.15, 0.2) is 22.7 Å². The third kappa shape index (κ3) is 5.56. The molecule has 0 bridgehead atoms. The van der Waals surface area contributed by atoms with Gasteiger partial charge in [-0.1, -0.05) is 29.3 Å². The van der Waals surface area contributed by atoms with Crippen molar-refractivity contribution in [3.05, 3.63) is 38.3 Å². The standard InChI is InChI=1S/C14H21BrN2O3/c1-2-3-11(6-7-18)9-16-10-12-4-5-13(15)8-14(12)17(19)20/h4-5,8,11,16,18H,2-3,6-7,9-10H2,1H3. The monoisotopic (exact) mass is 344 g/mol. The number of nitrogens with zero attached hydrogens (tertiary/aromatic N) is 1. The third-order valence-corrected chi connectivity index (χ3v) is 3.72. The molecule has 0 radical (unpaired) electrons. The van der Waals surface area contributed by atoms with Crippen LogP contribution in [0, 0.1) is 16.0 Å². The van der Waals surface area contributed by atoms with Crippen LogP contribution in [-0.2, 0) is 6.54 Å². The Bertz CT molecular complexity index is 434. The topological polar surface area (TPSA) is 75.4 Å². The average Bonchev–Trinajstić information content (AvgIpc) is 2.40. The fraction of sp³-hybridized carbons (Fsp3) is 0.571. The summed E-state index contributed by atoms with van der Waals surface area (Å²) in [6, 6.07) is 5.09. The largest absolute Gasteiger partial charge is 0.396 e. The molecule has 1 unspecified atom stereocenters. The van der Waals surface area contributed by atoms with E-state index in [2.05, 4.69) is 28.2 Å². The van der Waals surface area contributed by atoms with Gasteiger partial charge in [0.15, 0.2) is 0 Å². The summed E-state index contributed by atoms with van der Waals surface area (Å²) >= 11 is 3.24. The number of benzene rings is 1. The minimum atomic E-state index is -0.362. The number of hydrogen-bond donors (Lipinski definition) is 2. The zero-order valence-corrected chi connectivity index (χ0v) is 13.2. The molecule has 0 amide bonds. The van der Waals surface area contributed by atoms with Crippen LogP contribution in [0.3, 0.4) is 0 Å². The van der Waals surface area contributed by atoms with E-state index in [4.69, 9.17) is 5.11 Å². The van der Waals surface area contributed by atoms with Crippen molar-refractivity contribution in [2.24, 2.45) is 5.92 Å². The molecule has 0 fully saturated rings. The second-order valence-electron chi connectivity index (χ2n) is 4.83. The van der Waals surface area contributed by atoms with E-state index in [1.807, 2.05) is 0 Å². The molecule has 0 aromatic heterocycles. The molecule has 0 aliphatic carbocycles. The van der Waals surface area contributed by atoms with Crippen molar-refractivity contribution >= 4 is 21.6 Å². The van der Waals surface area contributed by atoms with Crippen molar-refractivity contribution in [3.8, 4) is 0 Å². The number of nitrogens with one attached hydrogen (secondary N) is 1. The summed E-state index contributed by atoms with van der Waals surface area (Å²) in [5.74, 6) is 0.416. The molecular weight excluding hydrogens is 324 g/mol. The lowest BCUT2D eigenvalue weighted by molar-refractivity contribution is -0.385. The van der Waals surface area contributed by atoms with E-state index in [0.29, 0.717) is 22.5 Å². The summed E-state index contributed by atoms with van der Waals surface area (Å²) in [5.41, 5.74) is 0.804. The molecule has 20 heavy (non-hydrogen) atoms. The van der Waals surface area contributed by atoms with Crippen LogP contribution < -0.4 is 5.32 Å². The van der Waals surface area contributed by atoms with Gasteiger partial charge in [0.25, 0.3) is 5.69 Å². The molecule has 0 heterocycles. The van der Waals surface area contributed by atoms with E-state index in [1.54, 1.807) is 12.1 Å². The van der Waals surface area contributed by atoms with Crippen molar-refractivity contribution in [1.29, 1.82) is 0 Å². The molecule has 6 heteroatoms. The van der Waals surface area contributed by atoms with Crippen molar-refractivity contribution in [1.82, 2.24) is 5.32 Å². The minimum absolute atomic E-state index is 0.126.